The summed E-state index contributed by atoms with van der Waals surface area (Å²) >= 11 is 0. The summed E-state index contributed by atoms with van der Waals surface area (Å²) in [6.45, 7) is 2.72. The van der Waals surface area contributed by atoms with Crippen LogP contribution in [-0.4, -0.2) is 140 Å². The molecule has 2 heterocycles. The van der Waals surface area contributed by atoms with Gasteiger partial charge in [-0.3, -0.25) is 4.79 Å². The van der Waals surface area contributed by atoms with Gasteiger partial charge in [0, 0.05) is 6.42 Å². The third-order valence-corrected chi connectivity index (χ3v) is 17.3. The predicted molar refractivity (Wildman–Crippen MR) is 364 cm³/mol. The van der Waals surface area contributed by atoms with Crippen LogP contribution in [0.1, 0.15) is 290 Å². The second-order valence-electron chi connectivity index (χ2n) is 25.3. The van der Waals surface area contributed by atoms with Gasteiger partial charge in [-0.15, -0.1) is 0 Å². The van der Waals surface area contributed by atoms with Gasteiger partial charge in [-0.2, -0.15) is 0 Å². The molecule has 0 aromatic carbocycles. The number of nitrogens with one attached hydrogen (secondary N) is 1. The third kappa shape index (κ3) is 42.9. The molecule has 0 aromatic heterocycles. The number of ether oxygens (including phenoxy) is 4. The fourth-order valence-corrected chi connectivity index (χ4v) is 11.6. The van der Waals surface area contributed by atoms with Gasteiger partial charge in [0.2, 0.25) is 5.91 Å². The molecule has 14 nitrogen and oxygen atoms in total. The number of unbranched alkanes of at least 4 members (excludes halogenated alkanes) is 34. The lowest BCUT2D eigenvalue weighted by Crippen LogP contribution is -2.65. The normalized spacial score (nSPS) is 23.5. The average Bonchev–Trinajstić information content (AvgIpc) is 2.75. The van der Waals surface area contributed by atoms with Crippen LogP contribution in [0.3, 0.4) is 0 Å². The molecular weight excluding hydrogens is 1120 g/mol. The molecule has 0 aliphatic carbocycles. The van der Waals surface area contributed by atoms with E-state index >= 15 is 0 Å². The smallest absolute Gasteiger partial charge is 0.220 e. The van der Waals surface area contributed by atoms with Crippen LogP contribution in [0.15, 0.2) is 85.1 Å². The summed E-state index contributed by atoms with van der Waals surface area (Å²) in [5.41, 5.74) is 0. The highest BCUT2D eigenvalue weighted by molar-refractivity contribution is 5.76. The Morgan fingerprint density at radius 3 is 1.19 bits per heavy atom. The minimum atomic E-state index is -1.79. The number of aliphatic hydroxyl groups excluding tert-OH is 8. The Morgan fingerprint density at radius 1 is 0.416 bits per heavy atom. The van der Waals surface area contributed by atoms with Crippen molar-refractivity contribution in [2.45, 2.75) is 364 Å². The number of amides is 1. The second kappa shape index (κ2) is 59.0. The van der Waals surface area contributed by atoms with Crippen molar-refractivity contribution in [2.75, 3.05) is 19.8 Å². The van der Waals surface area contributed by atoms with Crippen molar-refractivity contribution in [2.24, 2.45) is 0 Å². The van der Waals surface area contributed by atoms with Crippen molar-refractivity contribution in [3.63, 3.8) is 0 Å². The highest BCUT2D eigenvalue weighted by atomic mass is 16.7. The average molecular weight is 1260 g/mol. The van der Waals surface area contributed by atoms with E-state index in [0.29, 0.717) is 6.42 Å². The zero-order valence-corrected chi connectivity index (χ0v) is 56.2. The quantitative estimate of drug-likeness (QED) is 0.0204. The first-order valence-electron chi connectivity index (χ1n) is 36.3. The number of hydrogen-bond acceptors (Lipinski definition) is 13. The summed E-state index contributed by atoms with van der Waals surface area (Å²) in [7, 11) is 0. The van der Waals surface area contributed by atoms with Gasteiger partial charge in [0.1, 0.15) is 48.8 Å². The molecule has 2 saturated heterocycles. The minimum Gasteiger partial charge on any atom is -0.394 e. The fourth-order valence-electron chi connectivity index (χ4n) is 11.6. The number of allylic oxidation sites excluding steroid dienone is 13. The number of aliphatic hydroxyl groups is 8. The Morgan fingerprint density at radius 2 is 0.775 bits per heavy atom. The van der Waals surface area contributed by atoms with E-state index in [1.54, 1.807) is 6.08 Å². The molecule has 2 fully saturated rings. The molecule has 0 bridgehead atoms. The SMILES string of the molecule is CC/C=C\C/C=C\C/C=C\C/C=C\C/C=C\C/C=C\CCCCCCCCCCCCCCCCC(=O)NC(COC1OC(CO)C(OC2OC(CO)C(O)C(O)C2O)C(O)C1O)C(O)/C=C/CCCCCCCCCCCCCCCCCCCCCC. The van der Waals surface area contributed by atoms with E-state index in [0.717, 1.165) is 77.0 Å². The second-order valence-corrected chi connectivity index (χ2v) is 25.3. The number of hydrogen-bond donors (Lipinski definition) is 9. The molecule has 12 unspecified atom stereocenters. The summed E-state index contributed by atoms with van der Waals surface area (Å²) in [6, 6.07) is -0.920. The molecule has 14 heteroatoms. The molecule has 0 aromatic rings. The van der Waals surface area contributed by atoms with Gasteiger partial charge < -0.3 is 65.1 Å². The molecule has 516 valence electrons. The van der Waals surface area contributed by atoms with Gasteiger partial charge in [-0.25, -0.2) is 0 Å². The monoisotopic (exact) mass is 1260 g/mol. The lowest BCUT2D eigenvalue weighted by atomic mass is 9.97. The predicted octanol–water partition coefficient (Wildman–Crippen LogP) is 15.2. The Labute approximate surface area is 541 Å². The van der Waals surface area contributed by atoms with Crippen molar-refractivity contribution >= 4 is 5.91 Å². The van der Waals surface area contributed by atoms with Crippen molar-refractivity contribution in [3.8, 4) is 0 Å². The molecule has 2 aliphatic heterocycles. The Hall–Kier alpha value is -2.83. The molecule has 0 saturated carbocycles. The van der Waals surface area contributed by atoms with Crippen LogP contribution in [0.2, 0.25) is 0 Å². The Bertz CT molecular complexity index is 1820. The fraction of sp³-hybridized carbons (Fsp3) is 0.800. The number of carbonyl (C=O) groups is 1. The summed E-state index contributed by atoms with van der Waals surface area (Å²) in [6.07, 6.45) is 64.9. The zero-order valence-electron chi connectivity index (χ0n) is 56.2. The van der Waals surface area contributed by atoms with Crippen LogP contribution in [0.4, 0.5) is 0 Å². The summed E-state index contributed by atoms with van der Waals surface area (Å²) < 4.78 is 22.9. The van der Waals surface area contributed by atoms with Crippen LogP contribution in [0, 0.1) is 0 Å². The van der Waals surface area contributed by atoms with Crippen LogP contribution in [-0.2, 0) is 23.7 Å². The van der Waals surface area contributed by atoms with Crippen molar-refractivity contribution < 1.29 is 64.6 Å². The van der Waals surface area contributed by atoms with Crippen molar-refractivity contribution in [1.82, 2.24) is 5.32 Å². The number of carbonyl (C=O) groups excluding carboxylic acids is 1. The largest absolute Gasteiger partial charge is 0.394 e. The van der Waals surface area contributed by atoms with E-state index in [-0.39, 0.29) is 18.9 Å². The van der Waals surface area contributed by atoms with Crippen LogP contribution >= 0.6 is 0 Å². The molecule has 0 spiro atoms. The Kier molecular flexibility index (Phi) is 54.5. The highest BCUT2D eigenvalue weighted by Gasteiger charge is 2.51. The first-order valence-corrected chi connectivity index (χ1v) is 36.3. The van der Waals surface area contributed by atoms with Crippen LogP contribution in [0.25, 0.3) is 0 Å². The van der Waals surface area contributed by atoms with Crippen molar-refractivity contribution in [1.29, 1.82) is 0 Å². The third-order valence-electron chi connectivity index (χ3n) is 17.3. The molecule has 9 N–H and O–H groups in total. The lowest BCUT2D eigenvalue weighted by Gasteiger charge is -2.46. The van der Waals surface area contributed by atoms with Crippen LogP contribution < -0.4 is 5.32 Å². The van der Waals surface area contributed by atoms with E-state index < -0.39 is 86.8 Å². The topological polar surface area (TPSA) is 228 Å². The number of rotatable bonds is 59. The van der Waals surface area contributed by atoms with Gasteiger partial charge >= 0.3 is 0 Å². The van der Waals surface area contributed by atoms with E-state index in [1.807, 2.05) is 6.08 Å². The molecule has 2 rings (SSSR count). The standard InChI is InChI=1S/C75H133NO13/c1-3-5-7-9-11-13-15-17-19-21-23-25-27-28-29-30-31-32-33-34-35-36-37-39-41-43-45-47-49-51-53-55-57-59-67(80)76-63(62-86-74-72(85)70(83)73(66(61-78)88-74)89-75-71(84)69(82)68(81)65(60-77)87-75)64(79)58-56-54-52-50-48-46-44-42-40-38-26-24-22-20-18-16-14-12-10-8-6-4-2/h5,7,11,13,17,19,23,25,28-29,31-32,56,58,63-66,68-75,77-79,81-85H,3-4,6,8-10,12,14-16,18,20-22,24,26-27,30,33-55,57,59-62H2,1-2H3,(H,76,80)/b7-5-,13-11-,19-17-,25-23-,29-28-,32-31-,58-56+. The molecule has 0 radical (unpaired) electrons. The maximum absolute atomic E-state index is 13.3. The zero-order chi connectivity index (χ0) is 64.5. The van der Waals surface area contributed by atoms with E-state index in [1.165, 1.54) is 186 Å². The van der Waals surface area contributed by atoms with Gasteiger partial charge in [0.05, 0.1) is 32.0 Å². The maximum Gasteiger partial charge on any atom is 0.220 e. The summed E-state index contributed by atoms with van der Waals surface area (Å²) in [5.74, 6) is -0.239. The molecule has 89 heavy (non-hydrogen) atoms. The molecule has 2 aliphatic rings. The van der Waals surface area contributed by atoms with E-state index in [4.69, 9.17) is 18.9 Å². The highest BCUT2D eigenvalue weighted by Crippen LogP contribution is 2.30. The van der Waals surface area contributed by atoms with Crippen molar-refractivity contribution in [3.05, 3.63) is 85.1 Å². The molecular formula is C75H133NO13. The maximum atomic E-state index is 13.3. The first-order chi connectivity index (χ1) is 43.6. The van der Waals surface area contributed by atoms with Crippen LogP contribution in [0.5, 0.6) is 0 Å². The molecule has 1 amide bonds. The van der Waals surface area contributed by atoms with Gasteiger partial charge in [0.25, 0.3) is 0 Å². The van der Waals surface area contributed by atoms with Gasteiger partial charge in [-0.1, -0.05) is 298 Å². The van der Waals surface area contributed by atoms with Gasteiger partial charge in [-0.05, 0) is 70.6 Å². The summed E-state index contributed by atoms with van der Waals surface area (Å²) in [4.78, 5) is 13.3. The molecule has 12 atom stereocenters. The lowest BCUT2D eigenvalue weighted by molar-refractivity contribution is -0.359. The summed E-state index contributed by atoms with van der Waals surface area (Å²) in [5, 5.41) is 87.5. The van der Waals surface area contributed by atoms with Gasteiger partial charge in [0.15, 0.2) is 12.6 Å². The first kappa shape index (κ1) is 82.3. The van der Waals surface area contributed by atoms with E-state index in [2.05, 4.69) is 92.1 Å². The Balaban J connectivity index is 1.66. The van der Waals surface area contributed by atoms with E-state index in [9.17, 15) is 45.6 Å². The minimum absolute atomic E-state index is 0.239.